The third kappa shape index (κ3) is 5.16. The second-order valence-electron chi connectivity index (χ2n) is 6.54. The summed E-state index contributed by atoms with van der Waals surface area (Å²) in [5.41, 5.74) is -0.0279. The van der Waals surface area contributed by atoms with Crippen LogP contribution in [-0.2, 0) is 0 Å². The molecule has 2 atom stereocenters. The van der Waals surface area contributed by atoms with Crippen molar-refractivity contribution in [3.05, 3.63) is 42.5 Å². The Balaban J connectivity index is 0.00000242. The van der Waals surface area contributed by atoms with Gasteiger partial charge in [0, 0.05) is 17.0 Å². The van der Waals surface area contributed by atoms with Gasteiger partial charge < -0.3 is 15.2 Å². The van der Waals surface area contributed by atoms with Crippen molar-refractivity contribution in [1.82, 2.24) is 5.32 Å². The monoisotopic (exact) mass is 323 g/mol. The third-order valence-corrected chi connectivity index (χ3v) is 3.40. The number of nitrogens with one attached hydrogen (secondary N) is 1. The van der Waals surface area contributed by atoms with Gasteiger partial charge in [-0.2, -0.15) is 0 Å². The maximum Gasteiger partial charge on any atom is 0.127 e. The fraction of sp³-hybridized carbons (Fsp3) is 0.444. The van der Waals surface area contributed by atoms with Crippen LogP contribution in [0.3, 0.4) is 0 Å². The molecule has 122 valence electrons. The minimum absolute atomic E-state index is 0. The molecule has 2 aromatic carbocycles. The van der Waals surface area contributed by atoms with Gasteiger partial charge in [-0.05, 0) is 39.1 Å². The molecule has 0 aromatic heterocycles. The van der Waals surface area contributed by atoms with Gasteiger partial charge in [-0.1, -0.05) is 36.4 Å². The van der Waals surface area contributed by atoms with Crippen LogP contribution in [0.25, 0.3) is 10.8 Å². The van der Waals surface area contributed by atoms with E-state index < -0.39 is 6.10 Å². The molecule has 3 nitrogen and oxygen atoms in total. The smallest absolute Gasteiger partial charge is 0.127 e. The molecular formula is C18H26ClNO2. The molecule has 4 heteroatoms. The van der Waals surface area contributed by atoms with Gasteiger partial charge >= 0.3 is 0 Å². The minimum atomic E-state index is -0.553. The molecular weight excluding hydrogens is 298 g/mol. The molecule has 2 unspecified atom stereocenters. The molecule has 0 spiro atoms. The third-order valence-electron chi connectivity index (χ3n) is 3.40. The van der Waals surface area contributed by atoms with E-state index in [0.29, 0.717) is 0 Å². The lowest BCUT2D eigenvalue weighted by Gasteiger charge is -2.29. The van der Waals surface area contributed by atoms with Crippen LogP contribution in [0.15, 0.2) is 42.5 Å². The molecule has 2 N–H and O–H groups in total. The fourth-order valence-electron chi connectivity index (χ4n) is 2.42. The Labute approximate surface area is 139 Å². The number of benzene rings is 2. The first-order valence-corrected chi connectivity index (χ1v) is 7.43. The molecule has 0 saturated heterocycles. The maximum atomic E-state index is 10.2. The molecule has 0 heterocycles. The van der Waals surface area contributed by atoms with Crippen molar-refractivity contribution in [2.75, 3.05) is 6.61 Å². The number of hydrogen-bond acceptors (Lipinski definition) is 3. The molecule has 2 aromatic rings. The second kappa shape index (κ2) is 7.82. The highest BCUT2D eigenvalue weighted by Crippen LogP contribution is 2.25. The maximum absolute atomic E-state index is 10.2. The van der Waals surface area contributed by atoms with Gasteiger partial charge in [-0.15, -0.1) is 12.4 Å². The highest BCUT2D eigenvalue weighted by molar-refractivity contribution is 5.88. The van der Waals surface area contributed by atoms with Crippen LogP contribution < -0.4 is 10.1 Å². The van der Waals surface area contributed by atoms with Crippen molar-refractivity contribution in [1.29, 1.82) is 0 Å². The zero-order valence-corrected chi connectivity index (χ0v) is 14.5. The average molecular weight is 324 g/mol. The number of ether oxygens (including phenoxy) is 1. The summed E-state index contributed by atoms with van der Waals surface area (Å²) in [6.45, 7) is 8.51. The summed E-state index contributed by atoms with van der Waals surface area (Å²) in [6.07, 6.45) is -0.553. The standard InChI is InChI=1S/C18H25NO2.ClH/c1-13(19-18(2,3)4)16(20)12-21-17-11-7-9-14-8-5-6-10-15(14)17;/h5-11,13,16,19-20H,12H2,1-4H3;1H. The first-order valence-electron chi connectivity index (χ1n) is 7.43. The summed E-state index contributed by atoms with van der Waals surface area (Å²) in [7, 11) is 0. The summed E-state index contributed by atoms with van der Waals surface area (Å²) in [6, 6.07) is 14.0. The highest BCUT2D eigenvalue weighted by atomic mass is 35.5. The molecule has 0 aliphatic heterocycles. The largest absolute Gasteiger partial charge is 0.490 e. The van der Waals surface area contributed by atoms with Gasteiger partial charge in [0.2, 0.25) is 0 Å². The predicted molar refractivity (Wildman–Crippen MR) is 95.0 cm³/mol. The Morgan fingerprint density at radius 3 is 2.41 bits per heavy atom. The summed E-state index contributed by atoms with van der Waals surface area (Å²) >= 11 is 0. The van der Waals surface area contributed by atoms with E-state index in [4.69, 9.17) is 4.74 Å². The zero-order valence-electron chi connectivity index (χ0n) is 13.7. The van der Waals surface area contributed by atoms with Crippen molar-refractivity contribution >= 4 is 23.2 Å². The SMILES string of the molecule is CC(NC(C)(C)C)C(O)COc1cccc2ccccc12.Cl. The lowest BCUT2D eigenvalue weighted by molar-refractivity contribution is 0.0704. The van der Waals surface area contributed by atoms with Crippen molar-refractivity contribution < 1.29 is 9.84 Å². The van der Waals surface area contributed by atoms with Crippen molar-refractivity contribution in [3.8, 4) is 5.75 Å². The van der Waals surface area contributed by atoms with E-state index in [1.807, 2.05) is 37.3 Å². The second-order valence-corrected chi connectivity index (χ2v) is 6.54. The molecule has 0 amide bonds. The Bertz CT molecular complexity index is 590. The Morgan fingerprint density at radius 2 is 1.73 bits per heavy atom. The summed E-state index contributed by atoms with van der Waals surface area (Å²) in [5.74, 6) is 0.815. The Hall–Kier alpha value is -1.29. The van der Waals surface area contributed by atoms with E-state index in [9.17, 15) is 5.11 Å². The molecule has 0 saturated carbocycles. The number of fused-ring (bicyclic) bond motifs is 1. The average Bonchev–Trinajstić information content (AvgIpc) is 2.42. The lowest BCUT2D eigenvalue weighted by atomic mass is 10.1. The number of halogens is 1. The minimum Gasteiger partial charge on any atom is -0.490 e. The normalized spacial score (nSPS) is 14.2. The number of aliphatic hydroxyl groups is 1. The molecule has 0 bridgehead atoms. The van der Waals surface area contributed by atoms with E-state index >= 15 is 0 Å². The van der Waals surface area contributed by atoms with Gasteiger partial charge in [0.1, 0.15) is 18.5 Å². The predicted octanol–water partition coefficient (Wildman–Crippen LogP) is 3.78. The van der Waals surface area contributed by atoms with E-state index in [0.717, 1.165) is 16.5 Å². The van der Waals surface area contributed by atoms with Crippen LogP contribution in [-0.4, -0.2) is 29.4 Å². The van der Waals surface area contributed by atoms with Crippen LogP contribution >= 0.6 is 12.4 Å². The summed E-state index contributed by atoms with van der Waals surface area (Å²) in [4.78, 5) is 0. The lowest BCUT2D eigenvalue weighted by Crippen LogP contribution is -2.49. The number of rotatable bonds is 5. The number of aliphatic hydroxyl groups excluding tert-OH is 1. The molecule has 0 aliphatic rings. The summed E-state index contributed by atoms with van der Waals surface area (Å²) < 4.78 is 5.83. The molecule has 2 rings (SSSR count). The molecule has 0 radical (unpaired) electrons. The molecule has 0 fully saturated rings. The number of hydrogen-bond donors (Lipinski definition) is 2. The van der Waals surface area contributed by atoms with E-state index in [-0.39, 0.29) is 30.6 Å². The van der Waals surface area contributed by atoms with Gasteiger partial charge in [0.15, 0.2) is 0 Å². The summed E-state index contributed by atoms with van der Waals surface area (Å²) in [5, 5.41) is 15.8. The van der Waals surface area contributed by atoms with Crippen molar-refractivity contribution in [2.24, 2.45) is 0 Å². The van der Waals surface area contributed by atoms with Crippen LogP contribution in [0.1, 0.15) is 27.7 Å². The fourth-order valence-corrected chi connectivity index (χ4v) is 2.42. The van der Waals surface area contributed by atoms with Gasteiger partial charge in [-0.25, -0.2) is 0 Å². The Kier molecular flexibility index (Phi) is 6.66. The van der Waals surface area contributed by atoms with Gasteiger partial charge in [0.25, 0.3) is 0 Å². The first-order chi connectivity index (χ1) is 9.87. The molecule has 22 heavy (non-hydrogen) atoms. The van der Waals surface area contributed by atoms with Gasteiger partial charge in [-0.3, -0.25) is 0 Å². The highest BCUT2D eigenvalue weighted by Gasteiger charge is 2.20. The first kappa shape index (κ1) is 18.8. The van der Waals surface area contributed by atoms with Crippen LogP contribution in [0, 0.1) is 0 Å². The topological polar surface area (TPSA) is 41.5 Å². The quantitative estimate of drug-likeness (QED) is 0.880. The van der Waals surface area contributed by atoms with E-state index in [1.165, 1.54) is 0 Å². The van der Waals surface area contributed by atoms with Crippen LogP contribution in [0.2, 0.25) is 0 Å². The van der Waals surface area contributed by atoms with E-state index in [2.05, 4.69) is 38.2 Å². The van der Waals surface area contributed by atoms with Gasteiger partial charge in [0.05, 0.1) is 0 Å². The van der Waals surface area contributed by atoms with Crippen LogP contribution in [0.5, 0.6) is 5.75 Å². The van der Waals surface area contributed by atoms with Crippen molar-refractivity contribution in [3.63, 3.8) is 0 Å². The van der Waals surface area contributed by atoms with Crippen LogP contribution in [0.4, 0.5) is 0 Å². The Morgan fingerprint density at radius 1 is 1.09 bits per heavy atom. The van der Waals surface area contributed by atoms with Crippen molar-refractivity contribution in [2.45, 2.75) is 45.4 Å². The van der Waals surface area contributed by atoms with E-state index in [1.54, 1.807) is 0 Å². The zero-order chi connectivity index (χ0) is 15.5. The molecule has 0 aliphatic carbocycles.